The number of hydrogen-bond donors (Lipinski definition) is 1. The second-order valence-corrected chi connectivity index (χ2v) is 6.84. The molecule has 3 unspecified atom stereocenters. The van der Waals surface area contributed by atoms with Crippen molar-refractivity contribution in [2.45, 2.75) is 31.7 Å². The minimum Gasteiger partial charge on any atom is -0.303 e. The highest BCUT2D eigenvalue weighted by atomic mass is 35.5. The Morgan fingerprint density at radius 3 is 2.52 bits per heavy atom. The maximum atomic E-state index is 12.5. The molecule has 2 fully saturated rings. The van der Waals surface area contributed by atoms with Gasteiger partial charge in [0, 0.05) is 29.4 Å². The molecule has 0 saturated carbocycles. The predicted molar refractivity (Wildman–Crippen MR) is 81.1 cm³/mol. The normalized spacial score (nSPS) is 33.5. The second-order valence-electron chi connectivity index (χ2n) is 6.40. The Balaban J connectivity index is 2.03. The van der Waals surface area contributed by atoms with Crippen molar-refractivity contribution >= 4 is 23.4 Å². The number of benzene rings is 1. The fraction of sp³-hybridized carbons (Fsp3) is 0.500. The molecule has 0 aliphatic carbocycles. The van der Waals surface area contributed by atoms with Crippen LogP contribution in [-0.4, -0.2) is 36.3 Å². The second kappa shape index (κ2) is 5.11. The first-order valence-corrected chi connectivity index (χ1v) is 7.58. The Morgan fingerprint density at radius 1 is 1.29 bits per heavy atom. The van der Waals surface area contributed by atoms with Gasteiger partial charge in [0.2, 0.25) is 11.8 Å². The molecule has 0 aromatic heterocycles. The molecule has 1 spiro atoms. The first-order valence-electron chi connectivity index (χ1n) is 7.21. The highest BCUT2D eigenvalue weighted by Crippen LogP contribution is 2.50. The number of rotatable bonds is 1. The van der Waals surface area contributed by atoms with Crippen molar-refractivity contribution in [3.8, 4) is 0 Å². The van der Waals surface area contributed by atoms with E-state index >= 15 is 0 Å². The van der Waals surface area contributed by atoms with Gasteiger partial charge in [-0.05, 0) is 38.1 Å². The summed E-state index contributed by atoms with van der Waals surface area (Å²) < 4.78 is 0. The van der Waals surface area contributed by atoms with Crippen LogP contribution in [0.4, 0.5) is 0 Å². The Hall–Kier alpha value is -1.39. The summed E-state index contributed by atoms with van der Waals surface area (Å²) in [4.78, 5) is 26.6. The molecule has 112 valence electrons. The number of amides is 2. The summed E-state index contributed by atoms with van der Waals surface area (Å²) in [5.74, 6) is -0.636. The molecule has 0 bridgehead atoms. The summed E-state index contributed by atoms with van der Waals surface area (Å²) in [7, 11) is 2.05. The van der Waals surface area contributed by atoms with Crippen LogP contribution in [0.1, 0.15) is 31.2 Å². The molecule has 5 heteroatoms. The summed E-state index contributed by atoms with van der Waals surface area (Å²) in [5.41, 5.74) is 0.633. The molecule has 1 aromatic carbocycles. The largest absolute Gasteiger partial charge is 0.303 e. The molecular weight excluding hydrogens is 288 g/mol. The van der Waals surface area contributed by atoms with Gasteiger partial charge in [-0.15, -0.1) is 0 Å². The van der Waals surface area contributed by atoms with Crippen LogP contribution in [0.25, 0.3) is 0 Å². The minimum atomic E-state index is -0.304. The van der Waals surface area contributed by atoms with Gasteiger partial charge in [-0.1, -0.05) is 23.7 Å². The minimum absolute atomic E-state index is 0.160. The van der Waals surface area contributed by atoms with Gasteiger partial charge < -0.3 is 4.90 Å². The molecule has 2 amide bonds. The first kappa shape index (κ1) is 14.5. The zero-order valence-corrected chi connectivity index (χ0v) is 13.0. The Bertz CT molecular complexity index is 574. The number of nitrogens with zero attached hydrogens (tertiary/aromatic N) is 1. The lowest BCUT2D eigenvalue weighted by molar-refractivity contribution is -0.139. The van der Waals surface area contributed by atoms with E-state index < -0.39 is 0 Å². The SMILES string of the molecule is CC1CC2(CC(=O)NC(=O)C2c2ccc(Cl)cc2)CN1C. The van der Waals surface area contributed by atoms with E-state index in [1.165, 1.54) is 0 Å². The van der Waals surface area contributed by atoms with E-state index in [1.807, 2.05) is 12.1 Å². The van der Waals surface area contributed by atoms with Crippen LogP contribution in [0, 0.1) is 5.41 Å². The average molecular weight is 307 g/mol. The molecule has 3 rings (SSSR count). The van der Waals surface area contributed by atoms with Gasteiger partial charge >= 0.3 is 0 Å². The van der Waals surface area contributed by atoms with E-state index in [0.29, 0.717) is 17.5 Å². The van der Waals surface area contributed by atoms with Crippen LogP contribution < -0.4 is 5.32 Å². The maximum absolute atomic E-state index is 12.5. The number of imide groups is 1. The third-order valence-corrected chi connectivity index (χ3v) is 5.12. The van der Waals surface area contributed by atoms with Gasteiger partial charge in [0.15, 0.2) is 0 Å². The summed E-state index contributed by atoms with van der Waals surface area (Å²) in [6.45, 7) is 2.91. The zero-order chi connectivity index (χ0) is 15.2. The Kier molecular flexibility index (Phi) is 3.54. The van der Waals surface area contributed by atoms with E-state index in [9.17, 15) is 9.59 Å². The number of carbonyl (C=O) groups is 2. The maximum Gasteiger partial charge on any atom is 0.234 e. The summed E-state index contributed by atoms with van der Waals surface area (Å²) in [5, 5.41) is 3.14. The van der Waals surface area contributed by atoms with Gasteiger partial charge in [0.25, 0.3) is 0 Å². The number of nitrogens with one attached hydrogen (secondary N) is 1. The number of carbonyl (C=O) groups excluding carboxylic acids is 2. The predicted octanol–water partition coefficient (Wildman–Crippen LogP) is 2.18. The van der Waals surface area contributed by atoms with Crippen molar-refractivity contribution in [3.05, 3.63) is 34.9 Å². The average Bonchev–Trinajstić information content (AvgIpc) is 2.66. The van der Waals surface area contributed by atoms with E-state index in [0.717, 1.165) is 18.5 Å². The quantitative estimate of drug-likeness (QED) is 0.809. The molecule has 2 saturated heterocycles. The van der Waals surface area contributed by atoms with Crippen molar-refractivity contribution in [2.24, 2.45) is 5.41 Å². The lowest BCUT2D eigenvalue weighted by atomic mass is 9.66. The lowest BCUT2D eigenvalue weighted by Crippen LogP contribution is -2.51. The molecule has 0 radical (unpaired) electrons. The third-order valence-electron chi connectivity index (χ3n) is 4.87. The highest BCUT2D eigenvalue weighted by molar-refractivity contribution is 6.30. The molecule has 4 nitrogen and oxygen atoms in total. The van der Waals surface area contributed by atoms with Crippen LogP contribution >= 0.6 is 11.6 Å². The third kappa shape index (κ3) is 2.47. The molecule has 1 N–H and O–H groups in total. The van der Waals surface area contributed by atoms with Crippen LogP contribution in [-0.2, 0) is 9.59 Å². The number of hydrogen-bond acceptors (Lipinski definition) is 3. The van der Waals surface area contributed by atoms with Crippen LogP contribution in [0.2, 0.25) is 5.02 Å². The first-order chi connectivity index (χ1) is 9.91. The van der Waals surface area contributed by atoms with Crippen molar-refractivity contribution in [1.29, 1.82) is 0 Å². The van der Waals surface area contributed by atoms with Crippen molar-refractivity contribution in [2.75, 3.05) is 13.6 Å². The number of piperidine rings is 1. The van der Waals surface area contributed by atoms with E-state index in [2.05, 4.69) is 24.2 Å². The van der Waals surface area contributed by atoms with Gasteiger partial charge in [-0.25, -0.2) is 0 Å². The Morgan fingerprint density at radius 2 is 1.95 bits per heavy atom. The molecule has 2 heterocycles. The standard InChI is InChI=1S/C16H19ClN2O2/c1-10-7-16(9-19(10)2)8-13(20)18-15(21)14(16)11-3-5-12(17)6-4-11/h3-6,10,14H,7-9H2,1-2H3,(H,18,20,21). The molecule has 2 aliphatic heterocycles. The highest BCUT2D eigenvalue weighted by Gasteiger charge is 2.53. The Labute approximate surface area is 129 Å². The van der Waals surface area contributed by atoms with Crippen LogP contribution in [0.15, 0.2) is 24.3 Å². The molecular formula is C16H19ClN2O2. The molecule has 21 heavy (non-hydrogen) atoms. The number of likely N-dealkylation sites (tertiary alicyclic amines) is 1. The van der Waals surface area contributed by atoms with Crippen molar-refractivity contribution in [1.82, 2.24) is 10.2 Å². The smallest absolute Gasteiger partial charge is 0.234 e. The fourth-order valence-corrected chi connectivity index (χ4v) is 4.04. The molecule has 1 aromatic rings. The topological polar surface area (TPSA) is 49.4 Å². The van der Waals surface area contributed by atoms with E-state index in [4.69, 9.17) is 11.6 Å². The summed E-state index contributed by atoms with van der Waals surface area (Å²) >= 11 is 5.94. The van der Waals surface area contributed by atoms with Gasteiger partial charge in [-0.2, -0.15) is 0 Å². The van der Waals surface area contributed by atoms with Crippen LogP contribution in [0.3, 0.4) is 0 Å². The zero-order valence-electron chi connectivity index (χ0n) is 12.2. The van der Waals surface area contributed by atoms with Gasteiger partial charge in [-0.3, -0.25) is 14.9 Å². The monoisotopic (exact) mass is 306 g/mol. The summed E-state index contributed by atoms with van der Waals surface area (Å²) in [6.07, 6.45) is 1.26. The molecule has 3 atom stereocenters. The molecule has 2 aliphatic rings. The van der Waals surface area contributed by atoms with E-state index in [-0.39, 0.29) is 23.1 Å². The van der Waals surface area contributed by atoms with Crippen molar-refractivity contribution in [3.63, 3.8) is 0 Å². The summed E-state index contributed by atoms with van der Waals surface area (Å²) in [6, 6.07) is 7.77. The van der Waals surface area contributed by atoms with Gasteiger partial charge in [0.1, 0.15) is 0 Å². The number of halogens is 1. The van der Waals surface area contributed by atoms with E-state index in [1.54, 1.807) is 12.1 Å². The fourth-order valence-electron chi connectivity index (χ4n) is 3.91. The lowest BCUT2D eigenvalue weighted by Gasteiger charge is -2.39. The van der Waals surface area contributed by atoms with Gasteiger partial charge in [0.05, 0.1) is 5.92 Å². The van der Waals surface area contributed by atoms with Crippen molar-refractivity contribution < 1.29 is 9.59 Å². The van der Waals surface area contributed by atoms with Crippen LogP contribution in [0.5, 0.6) is 0 Å².